The van der Waals surface area contributed by atoms with Crippen LogP contribution in [-0.4, -0.2) is 24.0 Å². The van der Waals surface area contributed by atoms with Crippen LogP contribution < -0.4 is 11.1 Å². The van der Waals surface area contributed by atoms with Gasteiger partial charge in [-0.2, -0.15) is 0 Å². The second-order valence-corrected chi connectivity index (χ2v) is 5.40. The zero-order valence-electron chi connectivity index (χ0n) is 11.4. The van der Waals surface area contributed by atoms with Gasteiger partial charge in [-0.25, -0.2) is 14.0 Å². The summed E-state index contributed by atoms with van der Waals surface area (Å²) in [6, 6.07) is 2.45. The maximum atomic E-state index is 13.2. The number of amides is 3. The molecule has 0 radical (unpaired) electrons. The van der Waals surface area contributed by atoms with Gasteiger partial charge in [0, 0.05) is 4.47 Å². The van der Waals surface area contributed by atoms with Crippen LogP contribution in [0.3, 0.4) is 0 Å². The Labute approximate surface area is 129 Å². The van der Waals surface area contributed by atoms with Gasteiger partial charge < -0.3 is 10.5 Å². The van der Waals surface area contributed by atoms with Gasteiger partial charge in [-0.3, -0.25) is 10.1 Å². The van der Waals surface area contributed by atoms with Gasteiger partial charge in [0.1, 0.15) is 5.82 Å². The lowest BCUT2D eigenvalue weighted by atomic mass is 10.1. The van der Waals surface area contributed by atoms with Gasteiger partial charge in [0.2, 0.25) is 0 Å². The Kier molecular flexibility index (Phi) is 5.83. The molecule has 0 spiro atoms. The van der Waals surface area contributed by atoms with E-state index in [1.807, 2.05) is 5.32 Å². The van der Waals surface area contributed by atoms with E-state index >= 15 is 0 Å². The summed E-state index contributed by atoms with van der Waals surface area (Å²) >= 11 is 3.09. The number of carbonyl (C=O) groups is 3. The highest BCUT2D eigenvalue weighted by Crippen LogP contribution is 2.20. The van der Waals surface area contributed by atoms with Crippen LogP contribution in [0, 0.1) is 11.7 Å². The van der Waals surface area contributed by atoms with Crippen molar-refractivity contribution in [2.75, 3.05) is 0 Å². The monoisotopic (exact) mass is 360 g/mol. The number of primary amides is 1. The second kappa shape index (κ2) is 7.16. The molecule has 3 amide bonds. The number of nitrogens with two attached hydrogens (primary N) is 1. The summed E-state index contributed by atoms with van der Waals surface area (Å²) in [6.07, 6.45) is -1.22. The number of ether oxygens (including phenoxy) is 1. The second-order valence-electron chi connectivity index (χ2n) is 4.55. The molecule has 0 bridgehead atoms. The number of rotatable bonds is 4. The Hall–Kier alpha value is -1.96. The summed E-state index contributed by atoms with van der Waals surface area (Å²) in [7, 11) is 0. The highest BCUT2D eigenvalue weighted by Gasteiger charge is 2.28. The van der Waals surface area contributed by atoms with Gasteiger partial charge in [0.15, 0.2) is 6.10 Å². The minimum atomic E-state index is -1.22. The number of hydrogen-bond donors (Lipinski definition) is 2. The molecule has 1 rings (SSSR count). The van der Waals surface area contributed by atoms with Crippen LogP contribution in [0.4, 0.5) is 9.18 Å². The Morgan fingerprint density at radius 2 is 1.95 bits per heavy atom. The van der Waals surface area contributed by atoms with E-state index in [9.17, 15) is 18.8 Å². The molecule has 0 saturated carbocycles. The highest BCUT2D eigenvalue weighted by molar-refractivity contribution is 9.10. The molecule has 0 saturated heterocycles. The van der Waals surface area contributed by atoms with Crippen LogP contribution in [0.1, 0.15) is 24.2 Å². The summed E-state index contributed by atoms with van der Waals surface area (Å²) in [5.41, 5.74) is 4.79. The number of imide groups is 1. The molecule has 6 nitrogen and oxygen atoms in total. The van der Waals surface area contributed by atoms with Crippen LogP contribution in [-0.2, 0) is 9.53 Å². The van der Waals surface area contributed by atoms with E-state index in [-0.39, 0.29) is 5.56 Å². The third-order valence-electron chi connectivity index (χ3n) is 2.49. The quantitative estimate of drug-likeness (QED) is 0.801. The average Bonchev–Trinajstić information content (AvgIpc) is 2.37. The first-order valence-electron chi connectivity index (χ1n) is 5.98. The summed E-state index contributed by atoms with van der Waals surface area (Å²) in [6.45, 7) is 3.25. The first-order chi connectivity index (χ1) is 9.72. The lowest BCUT2D eigenvalue weighted by Crippen LogP contribution is -2.45. The first-order valence-corrected chi connectivity index (χ1v) is 6.78. The standard InChI is InChI=1S/C13H14BrFN2O4/c1-6(2)10(11(18)17-13(16)20)21-12(19)8-5-7(15)3-4-9(8)14/h3-6,10H,1-2H3,(H3,16,17,18,20)/t10-/m1/s1. The normalized spacial score (nSPS) is 11.9. The summed E-state index contributed by atoms with van der Waals surface area (Å²) in [5.74, 6) is -2.74. The maximum Gasteiger partial charge on any atom is 0.340 e. The molecule has 0 unspecified atom stereocenters. The fraction of sp³-hybridized carbons (Fsp3) is 0.308. The van der Waals surface area contributed by atoms with Gasteiger partial charge in [0.25, 0.3) is 5.91 Å². The Morgan fingerprint density at radius 3 is 2.48 bits per heavy atom. The Balaban J connectivity index is 2.93. The molecule has 8 heteroatoms. The van der Waals surface area contributed by atoms with Crippen LogP contribution in [0.5, 0.6) is 0 Å². The lowest BCUT2D eigenvalue weighted by molar-refractivity contribution is -0.130. The number of carbonyl (C=O) groups excluding carboxylic acids is 3. The molecule has 3 N–H and O–H groups in total. The van der Waals surface area contributed by atoms with Crippen molar-refractivity contribution in [2.45, 2.75) is 20.0 Å². The van der Waals surface area contributed by atoms with Crippen molar-refractivity contribution in [3.63, 3.8) is 0 Å². The van der Waals surface area contributed by atoms with E-state index in [0.29, 0.717) is 4.47 Å². The third kappa shape index (κ3) is 4.82. The lowest BCUT2D eigenvalue weighted by Gasteiger charge is -2.20. The molecule has 1 atom stereocenters. The number of esters is 1. The molecule has 0 aliphatic carbocycles. The van der Waals surface area contributed by atoms with Crippen LogP contribution >= 0.6 is 15.9 Å². The van der Waals surface area contributed by atoms with Crippen molar-refractivity contribution in [3.8, 4) is 0 Å². The maximum absolute atomic E-state index is 13.2. The number of urea groups is 1. The summed E-state index contributed by atoms with van der Waals surface area (Å²) in [4.78, 5) is 34.4. The van der Waals surface area contributed by atoms with E-state index in [2.05, 4.69) is 15.9 Å². The van der Waals surface area contributed by atoms with E-state index < -0.39 is 35.7 Å². The third-order valence-corrected chi connectivity index (χ3v) is 3.18. The van der Waals surface area contributed by atoms with Crippen molar-refractivity contribution >= 4 is 33.8 Å². The van der Waals surface area contributed by atoms with E-state index in [4.69, 9.17) is 10.5 Å². The predicted molar refractivity (Wildman–Crippen MR) is 75.9 cm³/mol. The molecule has 0 aromatic heterocycles. The molecule has 0 aliphatic rings. The van der Waals surface area contributed by atoms with Gasteiger partial charge in [-0.05, 0) is 40.0 Å². The molecule has 0 heterocycles. The van der Waals surface area contributed by atoms with E-state index in [1.54, 1.807) is 13.8 Å². The van der Waals surface area contributed by atoms with Gasteiger partial charge >= 0.3 is 12.0 Å². The first kappa shape index (κ1) is 17.1. The van der Waals surface area contributed by atoms with Gasteiger partial charge in [0.05, 0.1) is 5.56 Å². The van der Waals surface area contributed by atoms with Gasteiger partial charge in [-0.15, -0.1) is 0 Å². The zero-order valence-corrected chi connectivity index (χ0v) is 12.9. The topological polar surface area (TPSA) is 98.5 Å². The van der Waals surface area contributed by atoms with Crippen LogP contribution in [0.15, 0.2) is 22.7 Å². The molecule has 0 fully saturated rings. The van der Waals surface area contributed by atoms with Crippen molar-refractivity contribution in [1.82, 2.24) is 5.32 Å². The van der Waals surface area contributed by atoms with E-state index in [0.717, 1.165) is 6.07 Å². The number of halogens is 2. The Morgan fingerprint density at radius 1 is 1.33 bits per heavy atom. The number of nitrogens with one attached hydrogen (secondary N) is 1. The SMILES string of the molecule is CC(C)[C@@H](OC(=O)c1cc(F)ccc1Br)C(=O)NC(N)=O. The van der Waals surface area contributed by atoms with E-state index in [1.165, 1.54) is 12.1 Å². The molecule has 21 heavy (non-hydrogen) atoms. The molecule has 1 aromatic rings. The minimum Gasteiger partial charge on any atom is -0.448 e. The van der Waals surface area contributed by atoms with Crippen molar-refractivity contribution in [2.24, 2.45) is 11.7 Å². The predicted octanol–water partition coefficient (Wildman–Crippen LogP) is 1.96. The Bertz CT molecular complexity index is 577. The van der Waals surface area contributed by atoms with Crippen LogP contribution in [0.2, 0.25) is 0 Å². The number of benzene rings is 1. The fourth-order valence-electron chi connectivity index (χ4n) is 1.52. The molecular weight excluding hydrogens is 347 g/mol. The minimum absolute atomic E-state index is 0.0625. The zero-order chi connectivity index (χ0) is 16.2. The molecule has 114 valence electrons. The highest BCUT2D eigenvalue weighted by atomic mass is 79.9. The molecule has 1 aromatic carbocycles. The average molecular weight is 361 g/mol. The summed E-state index contributed by atoms with van der Waals surface area (Å²) in [5, 5.41) is 1.84. The summed E-state index contributed by atoms with van der Waals surface area (Å²) < 4.78 is 18.5. The van der Waals surface area contributed by atoms with Crippen molar-refractivity contribution in [3.05, 3.63) is 34.1 Å². The van der Waals surface area contributed by atoms with Gasteiger partial charge in [-0.1, -0.05) is 13.8 Å². The van der Waals surface area contributed by atoms with Crippen molar-refractivity contribution in [1.29, 1.82) is 0 Å². The van der Waals surface area contributed by atoms with Crippen molar-refractivity contribution < 1.29 is 23.5 Å². The number of hydrogen-bond acceptors (Lipinski definition) is 4. The largest absolute Gasteiger partial charge is 0.448 e. The smallest absolute Gasteiger partial charge is 0.340 e. The molecular formula is C13H14BrFN2O4. The fourth-order valence-corrected chi connectivity index (χ4v) is 1.93. The molecule has 0 aliphatic heterocycles. The van der Waals surface area contributed by atoms with Crippen LogP contribution in [0.25, 0.3) is 0 Å².